The van der Waals surface area contributed by atoms with Crippen LogP contribution in [0.4, 0.5) is 11.6 Å². The van der Waals surface area contributed by atoms with E-state index in [2.05, 4.69) is 20.6 Å². The van der Waals surface area contributed by atoms with Crippen LogP contribution in [0.25, 0.3) is 0 Å². The van der Waals surface area contributed by atoms with E-state index in [0.29, 0.717) is 22.3 Å². The van der Waals surface area contributed by atoms with Gasteiger partial charge in [0.15, 0.2) is 0 Å². The van der Waals surface area contributed by atoms with Crippen LogP contribution in [0.1, 0.15) is 16.1 Å². The average Bonchev–Trinajstić information content (AvgIpc) is 2.66. The smallest absolute Gasteiger partial charge is 0.270 e. The zero-order valence-corrected chi connectivity index (χ0v) is 15.3. The third-order valence-corrected chi connectivity index (χ3v) is 4.45. The molecule has 0 bridgehead atoms. The number of hydrogen-bond acceptors (Lipinski definition) is 4. The number of nitrogens with zero attached hydrogens (tertiary/aromatic N) is 2. The predicted octanol–water partition coefficient (Wildman–Crippen LogP) is 4.50. The number of anilines is 2. The van der Waals surface area contributed by atoms with Crippen molar-refractivity contribution in [2.45, 2.75) is 6.42 Å². The Morgan fingerprint density at radius 3 is 2.62 bits per heavy atom. The zero-order chi connectivity index (χ0) is 18.4. The van der Waals surface area contributed by atoms with E-state index in [1.807, 2.05) is 30.3 Å². The number of amides is 1. The van der Waals surface area contributed by atoms with Gasteiger partial charge in [-0.05, 0) is 30.2 Å². The fraction of sp³-hybridized carbons (Fsp3) is 0.105. The summed E-state index contributed by atoms with van der Waals surface area (Å²) in [5, 5.41) is 6.62. The Morgan fingerprint density at radius 1 is 1.00 bits per heavy atom. The number of nitrogens with one attached hydrogen (secondary N) is 2. The Morgan fingerprint density at radius 2 is 1.81 bits per heavy atom. The van der Waals surface area contributed by atoms with Gasteiger partial charge in [-0.25, -0.2) is 9.97 Å². The first-order valence-electron chi connectivity index (χ1n) is 7.99. The average molecular weight is 387 g/mol. The second-order valence-corrected chi connectivity index (χ2v) is 6.27. The molecule has 26 heavy (non-hydrogen) atoms. The molecule has 0 aliphatic heterocycles. The summed E-state index contributed by atoms with van der Waals surface area (Å²) in [5.74, 6) is 0.00782. The van der Waals surface area contributed by atoms with Crippen molar-refractivity contribution in [1.29, 1.82) is 0 Å². The second-order valence-electron chi connectivity index (χ2n) is 5.48. The Hall–Kier alpha value is -2.63. The lowest BCUT2D eigenvalue weighted by Gasteiger charge is -2.09. The molecule has 3 rings (SSSR count). The van der Waals surface area contributed by atoms with Crippen LogP contribution in [-0.2, 0) is 6.42 Å². The molecular weight excluding hydrogens is 371 g/mol. The third-order valence-electron chi connectivity index (χ3n) is 3.63. The van der Waals surface area contributed by atoms with E-state index in [1.165, 1.54) is 6.20 Å². The quantitative estimate of drug-likeness (QED) is 0.654. The summed E-state index contributed by atoms with van der Waals surface area (Å²) in [6, 6.07) is 16.7. The molecule has 0 spiro atoms. The van der Waals surface area contributed by atoms with Gasteiger partial charge in [0, 0.05) is 12.7 Å². The Balaban J connectivity index is 1.63. The minimum atomic E-state index is -0.261. The molecule has 0 saturated heterocycles. The highest BCUT2D eigenvalue weighted by Gasteiger charge is 2.10. The van der Waals surface area contributed by atoms with Crippen molar-refractivity contribution in [3.05, 3.63) is 82.1 Å². The van der Waals surface area contributed by atoms with Crippen LogP contribution < -0.4 is 10.6 Å². The van der Waals surface area contributed by atoms with Crippen molar-refractivity contribution in [3.8, 4) is 0 Å². The fourth-order valence-electron chi connectivity index (χ4n) is 2.32. The monoisotopic (exact) mass is 386 g/mol. The first kappa shape index (κ1) is 18.2. The van der Waals surface area contributed by atoms with Crippen molar-refractivity contribution in [1.82, 2.24) is 15.3 Å². The topological polar surface area (TPSA) is 66.9 Å². The molecule has 1 amide bonds. The predicted molar refractivity (Wildman–Crippen MR) is 104 cm³/mol. The van der Waals surface area contributed by atoms with Crippen LogP contribution in [0.2, 0.25) is 10.0 Å². The lowest BCUT2D eigenvalue weighted by molar-refractivity contribution is 0.0949. The molecule has 3 aromatic rings. The lowest BCUT2D eigenvalue weighted by Crippen LogP contribution is -2.26. The van der Waals surface area contributed by atoms with E-state index < -0.39 is 0 Å². The van der Waals surface area contributed by atoms with E-state index in [4.69, 9.17) is 23.2 Å². The third kappa shape index (κ3) is 4.71. The molecule has 1 heterocycles. The van der Waals surface area contributed by atoms with Crippen molar-refractivity contribution >= 4 is 40.7 Å². The molecule has 0 radical (unpaired) electrons. The van der Waals surface area contributed by atoms with E-state index in [1.54, 1.807) is 24.3 Å². The summed E-state index contributed by atoms with van der Waals surface area (Å²) in [6.07, 6.45) is 2.26. The summed E-state index contributed by atoms with van der Waals surface area (Å²) < 4.78 is 0. The molecule has 7 heteroatoms. The fourth-order valence-corrected chi connectivity index (χ4v) is 2.67. The standard InChI is InChI=1S/C19H16Cl2N4O/c20-14-7-4-8-15(17(14)21)24-19-23-12-10-16(25-19)18(26)22-11-9-13-5-2-1-3-6-13/h1-8,10,12H,9,11H2,(H,22,26)(H,23,24,25). The number of hydrogen-bond donors (Lipinski definition) is 2. The summed E-state index contributed by atoms with van der Waals surface area (Å²) in [4.78, 5) is 20.6. The van der Waals surface area contributed by atoms with Gasteiger partial charge in [0.1, 0.15) is 5.69 Å². The van der Waals surface area contributed by atoms with Crippen LogP contribution in [0.15, 0.2) is 60.8 Å². The number of benzene rings is 2. The summed E-state index contributed by atoms with van der Waals surface area (Å²) >= 11 is 12.1. The van der Waals surface area contributed by atoms with Gasteiger partial charge >= 0.3 is 0 Å². The number of aromatic nitrogens is 2. The van der Waals surface area contributed by atoms with Gasteiger partial charge in [-0.15, -0.1) is 0 Å². The Bertz CT molecular complexity index is 903. The molecule has 2 aromatic carbocycles. The maximum absolute atomic E-state index is 12.3. The van der Waals surface area contributed by atoms with Gasteiger partial charge < -0.3 is 10.6 Å². The minimum absolute atomic E-state index is 0.261. The highest BCUT2D eigenvalue weighted by molar-refractivity contribution is 6.43. The first-order valence-corrected chi connectivity index (χ1v) is 8.75. The highest BCUT2D eigenvalue weighted by atomic mass is 35.5. The van der Waals surface area contributed by atoms with Crippen LogP contribution in [0.3, 0.4) is 0 Å². The van der Waals surface area contributed by atoms with E-state index >= 15 is 0 Å². The van der Waals surface area contributed by atoms with E-state index in [0.717, 1.165) is 12.0 Å². The largest absolute Gasteiger partial charge is 0.350 e. The van der Waals surface area contributed by atoms with Gasteiger partial charge in [0.2, 0.25) is 5.95 Å². The molecule has 0 fully saturated rings. The van der Waals surface area contributed by atoms with Crippen LogP contribution in [0, 0.1) is 0 Å². The van der Waals surface area contributed by atoms with Gasteiger partial charge in [0.25, 0.3) is 5.91 Å². The van der Waals surface area contributed by atoms with E-state index in [-0.39, 0.29) is 17.5 Å². The summed E-state index contributed by atoms with van der Waals surface area (Å²) in [7, 11) is 0. The van der Waals surface area contributed by atoms with Gasteiger partial charge in [-0.3, -0.25) is 4.79 Å². The molecule has 0 aliphatic rings. The zero-order valence-electron chi connectivity index (χ0n) is 13.7. The van der Waals surface area contributed by atoms with Crippen LogP contribution in [0.5, 0.6) is 0 Å². The molecule has 132 valence electrons. The van der Waals surface area contributed by atoms with Crippen LogP contribution >= 0.6 is 23.2 Å². The number of carbonyl (C=O) groups excluding carboxylic acids is 1. The number of rotatable bonds is 6. The van der Waals surface area contributed by atoms with Crippen molar-refractivity contribution in [2.24, 2.45) is 0 Å². The molecule has 0 unspecified atom stereocenters. The lowest BCUT2D eigenvalue weighted by atomic mass is 10.1. The molecule has 0 saturated carbocycles. The van der Waals surface area contributed by atoms with Gasteiger partial charge in [-0.2, -0.15) is 0 Å². The SMILES string of the molecule is O=C(NCCc1ccccc1)c1ccnc(Nc2cccc(Cl)c2Cl)n1. The van der Waals surface area contributed by atoms with Gasteiger partial charge in [-0.1, -0.05) is 59.6 Å². The van der Waals surface area contributed by atoms with Crippen molar-refractivity contribution in [3.63, 3.8) is 0 Å². The number of halogens is 2. The number of carbonyl (C=O) groups is 1. The van der Waals surface area contributed by atoms with E-state index in [9.17, 15) is 4.79 Å². The summed E-state index contributed by atoms with van der Waals surface area (Å²) in [5.41, 5.74) is 2.00. The molecule has 2 N–H and O–H groups in total. The Labute approximate surface area is 161 Å². The second kappa shape index (κ2) is 8.65. The molecule has 5 nitrogen and oxygen atoms in total. The maximum atomic E-state index is 12.3. The van der Waals surface area contributed by atoms with Gasteiger partial charge in [0.05, 0.1) is 15.7 Å². The summed E-state index contributed by atoms with van der Waals surface area (Å²) in [6.45, 7) is 0.524. The molecule has 0 atom stereocenters. The molecule has 1 aromatic heterocycles. The maximum Gasteiger partial charge on any atom is 0.270 e. The molecule has 0 aliphatic carbocycles. The first-order chi connectivity index (χ1) is 12.6. The molecular formula is C19H16Cl2N4O. The normalized spacial score (nSPS) is 10.4. The van der Waals surface area contributed by atoms with Crippen LogP contribution in [-0.4, -0.2) is 22.4 Å². The Kier molecular flexibility index (Phi) is 6.04. The highest BCUT2D eigenvalue weighted by Crippen LogP contribution is 2.30. The minimum Gasteiger partial charge on any atom is -0.350 e. The van der Waals surface area contributed by atoms with Crippen molar-refractivity contribution in [2.75, 3.05) is 11.9 Å². The van der Waals surface area contributed by atoms with Crippen molar-refractivity contribution < 1.29 is 4.79 Å².